The van der Waals surface area contributed by atoms with Gasteiger partial charge in [-0.3, -0.25) is 19.2 Å². The molecule has 37 heavy (non-hydrogen) atoms. The van der Waals surface area contributed by atoms with Gasteiger partial charge in [-0.15, -0.1) is 10.2 Å². The normalized spacial score (nSPS) is 20.5. The van der Waals surface area contributed by atoms with Gasteiger partial charge in [0.15, 0.2) is 17.7 Å². The molecule has 0 aliphatic carbocycles. The number of likely N-dealkylation sites (tertiary alicyclic amines) is 1. The Morgan fingerprint density at radius 2 is 2.16 bits per heavy atom. The molecule has 1 amide bonds. The Morgan fingerprint density at radius 1 is 1.27 bits per heavy atom. The first kappa shape index (κ1) is 25.0. The molecule has 1 aromatic carbocycles. The summed E-state index contributed by atoms with van der Waals surface area (Å²) in [5.41, 5.74) is 2.58. The first-order chi connectivity index (χ1) is 18.1. The van der Waals surface area contributed by atoms with Crippen LogP contribution in [0.2, 0.25) is 0 Å². The molecule has 1 saturated heterocycles. The molecule has 0 spiro atoms. The van der Waals surface area contributed by atoms with Crippen molar-refractivity contribution in [3.05, 3.63) is 66.0 Å². The number of piperidine rings is 1. The number of fused-ring (bicyclic) bond motifs is 1. The van der Waals surface area contributed by atoms with E-state index in [1.54, 1.807) is 19.4 Å². The van der Waals surface area contributed by atoms with Crippen LogP contribution in [0.15, 0.2) is 75.8 Å². The lowest BCUT2D eigenvalue weighted by atomic mass is 9.97. The first-order valence-electron chi connectivity index (χ1n) is 12.1. The zero-order valence-corrected chi connectivity index (χ0v) is 21.3. The number of hydrogen-bond donors (Lipinski definition) is 1. The second-order valence-corrected chi connectivity index (χ2v) is 9.82. The third-order valence-corrected chi connectivity index (χ3v) is 7.35. The summed E-state index contributed by atoms with van der Waals surface area (Å²) in [4.78, 5) is 24.0. The van der Waals surface area contributed by atoms with Crippen molar-refractivity contribution in [3.63, 3.8) is 0 Å². The molecular weight excluding hydrogens is 492 g/mol. The number of carbonyl (C=O) groups is 1. The van der Waals surface area contributed by atoms with E-state index in [-0.39, 0.29) is 29.7 Å². The number of thioether (sulfide) groups is 1. The first-order valence-corrected chi connectivity index (χ1v) is 13.1. The number of rotatable bonds is 8. The van der Waals surface area contributed by atoms with Crippen molar-refractivity contribution >= 4 is 40.0 Å². The lowest BCUT2D eigenvalue weighted by Gasteiger charge is -2.36. The summed E-state index contributed by atoms with van der Waals surface area (Å²) in [7, 11) is 0. The van der Waals surface area contributed by atoms with E-state index in [2.05, 4.69) is 31.3 Å². The van der Waals surface area contributed by atoms with Crippen LogP contribution >= 0.6 is 11.8 Å². The number of benzene rings is 1. The van der Waals surface area contributed by atoms with E-state index >= 15 is 0 Å². The van der Waals surface area contributed by atoms with Crippen molar-refractivity contribution in [1.29, 1.82) is 0 Å². The number of ether oxygens (including phenoxy) is 1. The van der Waals surface area contributed by atoms with Crippen molar-refractivity contribution in [3.8, 4) is 5.88 Å². The van der Waals surface area contributed by atoms with Gasteiger partial charge in [0.25, 0.3) is 0 Å². The van der Waals surface area contributed by atoms with Gasteiger partial charge >= 0.3 is 5.91 Å². The van der Waals surface area contributed by atoms with Crippen molar-refractivity contribution in [2.45, 2.75) is 44.3 Å². The van der Waals surface area contributed by atoms with E-state index in [1.807, 2.05) is 46.5 Å². The van der Waals surface area contributed by atoms with Crippen LogP contribution in [0.25, 0.3) is 10.9 Å². The average molecular weight is 521 g/mol. The van der Waals surface area contributed by atoms with Gasteiger partial charge in [-0.1, -0.05) is 47.6 Å². The zero-order chi connectivity index (χ0) is 25.6. The molecule has 5 rings (SSSR count). The van der Waals surface area contributed by atoms with E-state index < -0.39 is 5.91 Å². The smallest absolute Gasteiger partial charge is 0.304 e. The van der Waals surface area contributed by atoms with Gasteiger partial charge in [-0.05, 0) is 37.5 Å². The minimum atomic E-state index is -0.612. The van der Waals surface area contributed by atoms with Crippen LogP contribution < -0.4 is 0 Å². The predicted molar refractivity (Wildman–Crippen MR) is 141 cm³/mol. The number of aromatic hydroxyl groups is 1. The standard InChI is InChI=1S/C26H28N6O4S/c1-18(26-35-13-14-37-26)30-36-16-23(33)28-29-24-20-8-2-3-10-22(20)32(25(24)34)17-31-12-5-4-9-21(31)19-7-6-11-27-15-19/h2-3,6-8,10-11,13-15,21,26,34H,4-5,9,12,16-17H2,1H3/t21-,26+/m1/s1. The minimum absolute atomic E-state index is 0.0362. The van der Waals surface area contributed by atoms with Crippen molar-refractivity contribution in [2.75, 3.05) is 13.2 Å². The number of carbonyl (C=O) groups excluding carboxylic acids is 1. The molecule has 2 aromatic heterocycles. The van der Waals surface area contributed by atoms with Crippen LogP contribution in [0.4, 0.5) is 5.69 Å². The number of hydrogen-bond acceptors (Lipinski definition) is 9. The Bertz CT molecular complexity index is 1330. The summed E-state index contributed by atoms with van der Waals surface area (Å²) in [5.74, 6) is -0.649. The number of amides is 1. The lowest BCUT2D eigenvalue weighted by Crippen LogP contribution is -2.34. The molecule has 192 valence electrons. The SMILES string of the molecule is CC(=NOCC(=O)N=Nc1c(O)n(CN2CCCC[C@@H]2c2cccnc2)c2ccccc12)[C@H]1OC=CS1. The largest absolute Gasteiger partial charge is 0.493 e. The van der Waals surface area contributed by atoms with Crippen LogP contribution in [0.3, 0.4) is 0 Å². The van der Waals surface area contributed by atoms with E-state index in [9.17, 15) is 9.90 Å². The Morgan fingerprint density at radius 3 is 2.97 bits per heavy atom. The monoisotopic (exact) mass is 520 g/mol. The molecule has 3 aromatic rings. The third kappa shape index (κ3) is 5.67. The summed E-state index contributed by atoms with van der Waals surface area (Å²) in [5, 5.41) is 25.5. The van der Waals surface area contributed by atoms with Crippen LogP contribution in [-0.2, 0) is 21.0 Å². The Kier molecular flexibility index (Phi) is 7.81. The number of nitrogens with zero attached hydrogens (tertiary/aromatic N) is 6. The van der Waals surface area contributed by atoms with Crippen molar-refractivity contribution in [2.24, 2.45) is 15.4 Å². The quantitative estimate of drug-likeness (QED) is 0.237. The van der Waals surface area contributed by atoms with Gasteiger partial charge in [0.1, 0.15) is 5.71 Å². The van der Waals surface area contributed by atoms with Gasteiger partial charge in [0.2, 0.25) is 5.88 Å². The molecule has 2 atom stereocenters. The number of azo groups is 1. The summed E-state index contributed by atoms with van der Waals surface area (Å²) >= 11 is 1.46. The van der Waals surface area contributed by atoms with Gasteiger partial charge < -0.3 is 14.7 Å². The van der Waals surface area contributed by atoms with Crippen LogP contribution in [0.5, 0.6) is 5.88 Å². The summed E-state index contributed by atoms with van der Waals surface area (Å²) in [6, 6.07) is 11.8. The predicted octanol–water partition coefficient (Wildman–Crippen LogP) is 5.49. The molecule has 1 fully saturated rings. The van der Waals surface area contributed by atoms with E-state index in [0.29, 0.717) is 17.8 Å². The lowest BCUT2D eigenvalue weighted by molar-refractivity contribution is -0.122. The van der Waals surface area contributed by atoms with Crippen LogP contribution in [-0.4, -0.2) is 49.8 Å². The van der Waals surface area contributed by atoms with E-state index in [1.165, 1.54) is 11.8 Å². The van der Waals surface area contributed by atoms with E-state index in [0.717, 1.165) is 36.9 Å². The zero-order valence-electron chi connectivity index (χ0n) is 20.4. The Balaban J connectivity index is 1.32. The molecule has 1 N–H and O–H groups in total. The van der Waals surface area contributed by atoms with Gasteiger partial charge in [0.05, 0.1) is 18.4 Å². The second-order valence-electron chi connectivity index (χ2n) is 8.85. The summed E-state index contributed by atoms with van der Waals surface area (Å²) in [6.45, 7) is 2.76. The molecule has 10 nitrogen and oxygen atoms in total. The highest BCUT2D eigenvalue weighted by atomic mass is 32.2. The van der Waals surface area contributed by atoms with Crippen LogP contribution in [0, 0.1) is 0 Å². The highest BCUT2D eigenvalue weighted by molar-refractivity contribution is 8.03. The molecule has 2 aliphatic rings. The second kappa shape index (κ2) is 11.6. The summed E-state index contributed by atoms with van der Waals surface area (Å²) in [6.07, 6.45) is 8.52. The molecule has 0 saturated carbocycles. The topological polar surface area (TPSA) is 114 Å². The molecular formula is C26H28N6O4S. The maximum Gasteiger partial charge on any atom is 0.304 e. The molecule has 4 heterocycles. The highest BCUT2D eigenvalue weighted by Gasteiger charge is 2.27. The fraction of sp³-hybridized carbons (Fsp3) is 0.346. The summed E-state index contributed by atoms with van der Waals surface area (Å²) < 4.78 is 7.15. The minimum Gasteiger partial charge on any atom is -0.493 e. The average Bonchev–Trinajstić information content (AvgIpc) is 3.56. The fourth-order valence-electron chi connectivity index (χ4n) is 4.61. The molecule has 2 aliphatic heterocycles. The molecule has 0 bridgehead atoms. The third-order valence-electron chi connectivity index (χ3n) is 6.38. The number of oxime groups is 1. The fourth-order valence-corrected chi connectivity index (χ4v) is 5.25. The van der Waals surface area contributed by atoms with Crippen LogP contribution in [0.1, 0.15) is 37.8 Å². The number of pyridine rings is 1. The number of aromatic nitrogens is 2. The maximum atomic E-state index is 12.3. The highest BCUT2D eigenvalue weighted by Crippen LogP contribution is 2.40. The molecule has 11 heteroatoms. The van der Waals surface area contributed by atoms with Gasteiger partial charge in [0, 0.05) is 35.8 Å². The Labute approximate surface area is 218 Å². The van der Waals surface area contributed by atoms with Gasteiger partial charge in [-0.25, -0.2) is 0 Å². The number of para-hydroxylation sites is 1. The van der Waals surface area contributed by atoms with Gasteiger partial charge in [-0.2, -0.15) is 0 Å². The van der Waals surface area contributed by atoms with E-state index in [4.69, 9.17) is 9.57 Å². The molecule has 0 unspecified atom stereocenters. The van der Waals surface area contributed by atoms with Crippen molar-refractivity contribution in [1.82, 2.24) is 14.5 Å². The molecule has 0 radical (unpaired) electrons. The van der Waals surface area contributed by atoms with Crippen molar-refractivity contribution < 1.29 is 19.5 Å². The Hall–Kier alpha value is -3.70. The maximum absolute atomic E-state index is 12.3.